The Labute approximate surface area is 408 Å². The van der Waals surface area contributed by atoms with Crippen LogP contribution in [-0.2, 0) is 56.0 Å². The number of fused-ring (bicyclic) bond motifs is 1. The van der Waals surface area contributed by atoms with Crippen LogP contribution < -0.4 is 26.4 Å². The van der Waals surface area contributed by atoms with Crippen LogP contribution in [0.25, 0.3) is 10.8 Å². The molecule has 406 valence electrons. The summed E-state index contributed by atoms with van der Waals surface area (Å²) in [5, 5.41) is 1.00. The minimum atomic E-state index is -6.13. The highest BCUT2D eigenvalue weighted by Gasteiger charge is 2.47. The highest BCUT2D eigenvalue weighted by atomic mass is 19.4. The minimum Gasteiger partial charge on any atom is -0.194 e. The van der Waals surface area contributed by atoms with Crippen LogP contribution in [-0.4, -0.2) is 6.15 Å². The first kappa shape index (κ1) is 58.2. The molecule has 0 atom stereocenters. The van der Waals surface area contributed by atoms with Crippen LogP contribution in [0.1, 0.15) is 50.1 Å². The first-order valence-corrected chi connectivity index (χ1v) is 20.7. The second-order valence-electron chi connectivity index (χ2n) is 16.6. The monoisotopic (exact) mass is 1120 g/mol. The van der Waals surface area contributed by atoms with Gasteiger partial charge in [-0.3, -0.25) is 0 Å². The van der Waals surface area contributed by atoms with Crippen LogP contribution in [0, 0.1) is 11.9 Å². The smallest absolute Gasteiger partial charge is 0.194 e. The van der Waals surface area contributed by atoms with Gasteiger partial charge >= 0.3 is 61.3 Å². The van der Waals surface area contributed by atoms with E-state index in [1.54, 1.807) is 24.3 Å². The van der Waals surface area contributed by atoms with Gasteiger partial charge in [-0.25, -0.2) is 0 Å². The molecule has 0 unspecified atom stereocenters. The van der Waals surface area contributed by atoms with Gasteiger partial charge in [-0.2, -0.15) is 127 Å². The molecule has 1 nitrogen and oxygen atoms in total. The molecule has 6 aromatic carbocycles. The van der Waals surface area contributed by atoms with E-state index < -0.39 is 207 Å². The molecule has 0 radical (unpaired) electrons. The number of hydrogen-bond donors (Lipinski definition) is 0. The topological polar surface area (TPSA) is 3.88 Å². The van der Waals surface area contributed by atoms with Crippen LogP contribution in [0.15, 0.2) is 133 Å². The van der Waals surface area contributed by atoms with Crippen molar-refractivity contribution in [3.8, 4) is 0 Å². The second-order valence-corrected chi connectivity index (χ2v) is 16.6. The van der Waals surface area contributed by atoms with Gasteiger partial charge in [0.1, 0.15) is 6.15 Å². The highest BCUT2D eigenvalue weighted by molar-refractivity contribution is 7.20. The summed E-state index contributed by atoms with van der Waals surface area (Å²) in [6, 6.07) is 8.71. The molecular formula is C48H24BF26N. The van der Waals surface area contributed by atoms with E-state index in [9.17, 15) is 114 Å². The van der Waals surface area contributed by atoms with Crippen molar-refractivity contribution in [2.75, 3.05) is 0 Å². The molecule has 0 saturated heterocycles. The SMILES string of the molecule is FC(F)(F)c1cc([B-](c2cc(C(F)(F)F)cc(C(F)(F)F)c2)(c2cc(C(F)(F)F)cc(C(F)(F)F)c2)c2cc(C(F)(F)F)cc(C(F)(F)F)c2)cc(C(F)(F)F)c1.Fc1cc2ccccc2c(F)[n+]1Cc1ccccc1. The lowest BCUT2D eigenvalue weighted by Crippen LogP contribution is -2.75. The van der Waals surface area contributed by atoms with E-state index in [2.05, 4.69) is 0 Å². The maximum absolute atomic E-state index is 14.3. The van der Waals surface area contributed by atoms with Crippen molar-refractivity contribution in [3.63, 3.8) is 0 Å². The van der Waals surface area contributed by atoms with E-state index in [0.717, 1.165) is 10.1 Å². The van der Waals surface area contributed by atoms with Gasteiger partial charge in [-0.1, -0.05) is 97.1 Å². The van der Waals surface area contributed by atoms with Gasteiger partial charge in [0.2, 0.25) is 0 Å². The van der Waals surface area contributed by atoms with Crippen molar-refractivity contribution >= 4 is 38.8 Å². The Bertz CT molecular complexity index is 2810. The largest absolute Gasteiger partial charge is 0.416 e. The van der Waals surface area contributed by atoms with Gasteiger partial charge in [0.25, 0.3) is 0 Å². The van der Waals surface area contributed by atoms with E-state index in [4.69, 9.17) is 0 Å². The summed E-state index contributed by atoms with van der Waals surface area (Å²) >= 11 is 0. The third kappa shape index (κ3) is 12.6. The number of alkyl halides is 24. The molecule has 1 heterocycles. The fourth-order valence-electron chi connectivity index (χ4n) is 8.24. The summed E-state index contributed by atoms with van der Waals surface area (Å²) in [7, 11) is 0. The zero-order valence-corrected chi connectivity index (χ0v) is 36.8. The van der Waals surface area contributed by atoms with Gasteiger partial charge in [0.05, 0.1) is 56.0 Å². The molecule has 0 aliphatic carbocycles. The van der Waals surface area contributed by atoms with Gasteiger partial charge in [0, 0.05) is 10.9 Å². The molecule has 0 aliphatic heterocycles. The maximum Gasteiger partial charge on any atom is 0.416 e. The van der Waals surface area contributed by atoms with Gasteiger partial charge < -0.3 is 0 Å². The lowest BCUT2D eigenvalue weighted by Gasteiger charge is -2.46. The van der Waals surface area contributed by atoms with Crippen LogP contribution in [0.3, 0.4) is 0 Å². The first-order chi connectivity index (χ1) is 34.5. The average Bonchev–Trinajstić information content (AvgIpc) is 3.28. The zero-order chi connectivity index (χ0) is 57.2. The predicted octanol–water partition coefficient (Wildman–Crippen LogP) is 14.7. The summed E-state index contributed by atoms with van der Waals surface area (Å²) in [6.07, 6.45) is -54.8. The fourth-order valence-corrected chi connectivity index (χ4v) is 8.24. The van der Waals surface area contributed by atoms with E-state index in [0.29, 0.717) is 10.8 Å². The normalized spacial score (nSPS) is 13.4. The van der Waals surface area contributed by atoms with E-state index in [1.807, 2.05) is 30.3 Å². The fraction of sp³-hybridized carbons (Fsp3) is 0.188. The summed E-state index contributed by atoms with van der Waals surface area (Å²) in [5.74, 6) is -1.11. The molecule has 0 amide bonds. The van der Waals surface area contributed by atoms with Crippen molar-refractivity contribution in [3.05, 3.63) is 195 Å². The molecule has 1 aromatic heterocycles. The quantitative estimate of drug-likeness (QED) is 0.0676. The lowest BCUT2D eigenvalue weighted by atomic mass is 9.12. The molecule has 0 aliphatic rings. The van der Waals surface area contributed by atoms with Crippen LogP contribution in [0.2, 0.25) is 0 Å². The summed E-state index contributed by atoms with van der Waals surface area (Å²) in [4.78, 5) is 0. The Balaban J connectivity index is 0.000000408. The predicted molar refractivity (Wildman–Crippen MR) is 220 cm³/mol. The van der Waals surface area contributed by atoms with Gasteiger partial charge in [-0.15, -0.1) is 13.3 Å². The Morgan fingerprint density at radius 2 is 0.553 bits per heavy atom. The van der Waals surface area contributed by atoms with Crippen molar-refractivity contribution in [1.82, 2.24) is 0 Å². The average molecular weight is 1120 g/mol. The van der Waals surface area contributed by atoms with Gasteiger partial charge in [-0.05, 0) is 30.3 Å². The van der Waals surface area contributed by atoms with Crippen molar-refractivity contribution in [1.29, 1.82) is 0 Å². The molecule has 28 heteroatoms. The van der Waals surface area contributed by atoms with Crippen molar-refractivity contribution < 1.29 is 119 Å². The van der Waals surface area contributed by atoms with E-state index in [1.165, 1.54) is 6.07 Å². The standard InChI is InChI=1S/C32H12BF24.C16H12F2N/c34-25(35,36)13-1-14(26(37,38)39)6-21(5-13)33(22-7-15(27(40,41)42)2-16(8-22)28(43,44)45,23-9-17(29(46,47)48)3-18(10-23)30(49,50)51)24-11-19(31(52,53)54)4-20(12-24)32(55,56)57;17-15-10-13-8-4-5-9-14(13)16(18)19(15)11-12-6-2-1-3-7-12/h1-12H;1-10H,11H2/q-1;+1. The molecular weight excluding hydrogens is 1100 g/mol. The van der Waals surface area contributed by atoms with E-state index in [-0.39, 0.29) is 6.54 Å². The molecule has 7 rings (SSSR count). The Kier molecular flexibility index (Phi) is 15.2. The molecule has 0 fully saturated rings. The number of hydrogen-bond acceptors (Lipinski definition) is 0. The second kappa shape index (κ2) is 19.8. The van der Waals surface area contributed by atoms with Crippen LogP contribution in [0.5, 0.6) is 0 Å². The summed E-state index contributed by atoms with van der Waals surface area (Å²) < 4.78 is 370. The maximum atomic E-state index is 14.3. The number of benzene rings is 6. The van der Waals surface area contributed by atoms with E-state index >= 15 is 0 Å². The molecule has 0 bridgehead atoms. The number of nitrogens with zero attached hydrogens (tertiary/aromatic N) is 1. The molecule has 76 heavy (non-hydrogen) atoms. The number of pyridine rings is 1. The lowest BCUT2D eigenvalue weighted by molar-refractivity contribution is -0.740. The van der Waals surface area contributed by atoms with Crippen LogP contribution in [0.4, 0.5) is 114 Å². The zero-order valence-electron chi connectivity index (χ0n) is 36.8. The Morgan fingerprint density at radius 3 is 0.816 bits per heavy atom. The molecule has 7 aromatic rings. The Morgan fingerprint density at radius 1 is 0.303 bits per heavy atom. The highest BCUT2D eigenvalue weighted by Crippen LogP contribution is 2.41. The first-order valence-electron chi connectivity index (χ1n) is 20.7. The summed E-state index contributed by atoms with van der Waals surface area (Å²) in [6.45, 7) is 0.184. The summed E-state index contributed by atoms with van der Waals surface area (Å²) in [5.41, 5.74) is -29.3. The van der Waals surface area contributed by atoms with Crippen LogP contribution >= 0.6 is 0 Å². The molecule has 0 saturated carbocycles. The molecule has 0 spiro atoms. The Hall–Kier alpha value is -7.03. The number of rotatable bonds is 6. The number of halogens is 26. The van der Waals surface area contributed by atoms with Gasteiger partial charge in [0.15, 0.2) is 6.54 Å². The number of aromatic nitrogens is 1. The third-order valence-electron chi connectivity index (χ3n) is 11.6. The van der Waals surface area contributed by atoms with Crippen molar-refractivity contribution in [2.45, 2.75) is 56.0 Å². The third-order valence-corrected chi connectivity index (χ3v) is 11.6. The van der Waals surface area contributed by atoms with Crippen molar-refractivity contribution in [2.24, 2.45) is 0 Å². The molecule has 0 N–H and O–H groups in total. The minimum absolute atomic E-state index is 0.184.